The van der Waals surface area contributed by atoms with E-state index in [1.807, 2.05) is 12.1 Å². The molecule has 2 N–H and O–H groups in total. The zero-order valence-corrected chi connectivity index (χ0v) is 16.8. The summed E-state index contributed by atoms with van der Waals surface area (Å²) in [4.78, 5) is 23.0. The monoisotopic (exact) mass is 452 g/mol. The molecule has 0 amide bonds. The highest BCUT2D eigenvalue weighted by atomic mass is 79.9. The Hall–Kier alpha value is -2.29. The third-order valence-electron chi connectivity index (χ3n) is 4.32. The van der Waals surface area contributed by atoms with Crippen molar-refractivity contribution in [3.63, 3.8) is 0 Å². The Morgan fingerprint density at radius 2 is 1.36 bits per heavy atom. The highest BCUT2D eigenvalue weighted by Crippen LogP contribution is 2.15. The number of carbonyl (C=O) groups is 2. The van der Waals surface area contributed by atoms with E-state index < -0.39 is 11.9 Å². The van der Waals surface area contributed by atoms with Crippen molar-refractivity contribution in [3.8, 4) is 0 Å². The van der Waals surface area contributed by atoms with Crippen LogP contribution in [-0.2, 0) is 22.7 Å². The third kappa shape index (κ3) is 7.38. The zero-order chi connectivity index (χ0) is 20.5. The predicted molar refractivity (Wildman–Crippen MR) is 106 cm³/mol. The van der Waals surface area contributed by atoms with E-state index in [0.717, 1.165) is 42.8 Å². The first kappa shape index (κ1) is 22.0. The van der Waals surface area contributed by atoms with E-state index in [-0.39, 0.29) is 5.82 Å². The minimum atomic E-state index is -1.82. The summed E-state index contributed by atoms with van der Waals surface area (Å²) in [5.41, 5.74) is 2.13. The highest BCUT2D eigenvalue weighted by molar-refractivity contribution is 9.10. The Bertz CT molecular complexity index is 781. The maximum absolute atomic E-state index is 13.7. The van der Waals surface area contributed by atoms with Crippen molar-refractivity contribution in [1.82, 2.24) is 9.80 Å². The largest absolute Gasteiger partial charge is 0.473 e. The van der Waals surface area contributed by atoms with Crippen LogP contribution < -0.4 is 0 Å². The molecule has 1 heterocycles. The fourth-order valence-corrected chi connectivity index (χ4v) is 3.09. The fourth-order valence-electron chi connectivity index (χ4n) is 2.82. The van der Waals surface area contributed by atoms with Crippen LogP contribution in [-0.4, -0.2) is 58.1 Å². The van der Waals surface area contributed by atoms with Crippen LogP contribution in [0, 0.1) is 5.82 Å². The van der Waals surface area contributed by atoms with E-state index in [1.165, 1.54) is 5.56 Å². The van der Waals surface area contributed by atoms with Crippen LogP contribution in [0.25, 0.3) is 0 Å². The molecule has 1 fully saturated rings. The average molecular weight is 453 g/mol. The lowest BCUT2D eigenvalue weighted by Crippen LogP contribution is -2.45. The smallest absolute Gasteiger partial charge is 0.414 e. The molecule has 8 heteroatoms. The number of hydrogen-bond acceptors (Lipinski definition) is 4. The Morgan fingerprint density at radius 1 is 0.857 bits per heavy atom. The van der Waals surface area contributed by atoms with Crippen LogP contribution in [0.4, 0.5) is 4.39 Å². The summed E-state index contributed by atoms with van der Waals surface area (Å²) in [7, 11) is 0. The van der Waals surface area contributed by atoms with Crippen molar-refractivity contribution in [2.24, 2.45) is 0 Å². The lowest BCUT2D eigenvalue weighted by Gasteiger charge is -2.34. The molecule has 1 aliphatic heterocycles. The molecule has 1 aliphatic rings. The highest BCUT2D eigenvalue weighted by Gasteiger charge is 2.18. The molecule has 2 aromatic rings. The second-order valence-electron chi connectivity index (χ2n) is 6.38. The average Bonchev–Trinajstić information content (AvgIpc) is 2.67. The maximum atomic E-state index is 13.7. The van der Waals surface area contributed by atoms with Gasteiger partial charge in [0.05, 0.1) is 0 Å². The number of piperazine rings is 1. The summed E-state index contributed by atoms with van der Waals surface area (Å²) in [6.45, 7) is 5.74. The van der Waals surface area contributed by atoms with Crippen LogP contribution in [0.5, 0.6) is 0 Å². The van der Waals surface area contributed by atoms with Crippen LogP contribution in [0.2, 0.25) is 0 Å². The molecule has 0 aliphatic carbocycles. The van der Waals surface area contributed by atoms with Crippen molar-refractivity contribution >= 4 is 27.9 Å². The fraction of sp³-hybridized carbons (Fsp3) is 0.300. The molecule has 2 aromatic carbocycles. The second kappa shape index (κ2) is 10.9. The second-order valence-corrected chi connectivity index (χ2v) is 7.30. The Balaban J connectivity index is 0.000000409. The molecular formula is C20H22BrFN2O4. The molecule has 0 radical (unpaired) electrons. The van der Waals surface area contributed by atoms with Gasteiger partial charge in [0, 0.05) is 49.3 Å². The van der Waals surface area contributed by atoms with Gasteiger partial charge in [0.25, 0.3) is 0 Å². The molecule has 1 saturated heterocycles. The normalized spacial score (nSPS) is 14.8. The molecule has 28 heavy (non-hydrogen) atoms. The number of rotatable bonds is 4. The summed E-state index contributed by atoms with van der Waals surface area (Å²) >= 11 is 3.46. The number of carboxylic acids is 2. The van der Waals surface area contributed by atoms with Gasteiger partial charge in [-0.05, 0) is 23.8 Å². The number of hydrogen-bond donors (Lipinski definition) is 2. The molecule has 0 aromatic heterocycles. The van der Waals surface area contributed by atoms with E-state index in [9.17, 15) is 4.39 Å². The quantitative estimate of drug-likeness (QED) is 0.693. The van der Waals surface area contributed by atoms with E-state index in [0.29, 0.717) is 6.54 Å². The van der Waals surface area contributed by atoms with Crippen molar-refractivity contribution in [2.45, 2.75) is 13.1 Å². The van der Waals surface area contributed by atoms with E-state index in [2.05, 4.69) is 50.0 Å². The minimum Gasteiger partial charge on any atom is -0.473 e. The summed E-state index contributed by atoms with van der Waals surface area (Å²) in [6, 6.07) is 15.6. The Kier molecular flexibility index (Phi) is 8.56. The molecule has 150 valence electrons. The Morgan fingerprint density at radius 3 is 1.86 bits per heavy atom. The molecule has 0 spiro atoms. The van der Waals surface area contributed by atoms with E-state index in [4.69, 9.17) is 19.8 Å². The van der Waals surface area contributed by atoms with Gasteiger partial charge in [0.1, 0.15) is 5.82 Å². The van der Waals surface area contributed by atoms with Gasteiger partial charge >= 0.3 is 11.9 Å². The maximum Gasteiger partial charge on any atom is 0.414 e. The van der Waals surface area contributed by atoms with Crippen molar-refractivity contribution in [2.75, 3.05) is 26.2 Å². The van der Waals surface area contributed by atoms with Gasteiger partial charge in [-0.1, -0.05) is 46.3 Å². The number of benzene rings is 2. The summed E-state index contributed by atoms with van der Waals surface area (Å²) < 4.78 is 14.8. The van der Waals surface area contributed by atoms with Gasteiger partial charge < -0.3 is 10.2 Å². The number of carboxylic acid groups (broad SMARTS) is 2. The van der Waals surface area contributed by atoms with Crippen molar-refractivity contribution < 1.29 is 24.2 Å². The summed E-state index contributed by atoms with van der Waals surface area (Å²) in [6.07, 6.45) is 0. The third-order valence-corrected chi connectivity index (χ3v) is 4.85. The molecule has 3 rings (SSSR count). The lowest BCUT2D eigenvalue weighted by molar-refractivity contribution is -0.159. The zero-order valence-electron chi connectivity index (χ0n) is 15.2. The molecule has 0 saturated carbocycles. The van der Waals surface area contributed by atoms with Crippen molar-refractivity contribution in [1.29, 1.82) is 0 Å². The van der Waals surface area contributed by atoms with Gasteiger partial charge in [0.15, 0.2) is 0 Å². The first-order valence-electron chi connectivity index (χ1n) is 8.74. The number of nitrogens with zero attached hydrogens (tertiary/aromatic N) is 2. The van der Waals surface area contributed by atoms with E-state index >= 15 is 0 Å². The van der Waals surface area contributed by atoms with Gasteiger partial charge in [-0.25, -0.2) is 14.0 Å². The molecule has 0 unspecified atom stereocenters. The Labute approximate surface area is 171 Å². The van der Waals surface area contributed by atoms with E-state index in [1.54, 1.807) is 12.1 Å². The number of aliphatic carboxylic acids is 2. The summed E-state index contributed by atoms with van der Waals surface area (Å²) in [5.74, 6) is -3.75. The predicted octanol–water partition coefficient (Wildman–Crippen LogP) is 3.06. The molecule has 0 bridgehead atoms. The van der Waals surface area contributed by atoms with Gasteiger partial charge in [-0.15, -0.1) is 0 Å². The first-order chi connectivity index (χ1) is 13.3. The minimum absolute atomic E-state index is 0.0974. The summed E-state index contributed by atoms with van der Waals surface area (Å²) in [5, 5.41) is 14.8. The van der Waals surface area contributed by atoms with Crippen LogP contribution in [0.1, 0.15) is 11.1 Å². The van der Waals surface area contributed by atoms with Crippen LogP contribution in [0.3, 0.4) is 0 Å². The molecule has 0 atom stereocenters. The number of halogens is 2. The van der Waals surface area contributed by atoms with Gasteiger partial charge in [0.2, 0.25) is 0 Å². The molecule has 6 nitrogen and oxygen atoms in total. The van der Waals surface area contributed by atoms with Gasteiger partial charge in [-0.3, -0.25) is 9.80 Å². The van der Waals surface area contributed by atoms with Crippen LogP contribution >= 0.6 is 15.9 Å². The first-order valence-corrected chi connectivity index (χ1v) is 9.53. The van der Waals surface area contributed by atoms with Crippen LogP contribution in [0.15, 0.2) is 53.0 Å². The topological polar surface area (TPSA) is 81.1 Å². The standard InChI is InChI=1S/C18H20BrFN2.C2H2O4/c19-17-7-5-15(6-8-17)13-21-9-11-22(12-10-21)14-16-3-1-2-4-18(16)20;3-1(4)2(5)6/h1-8H,9-14H2;(H,3,4)(H,5,6). The van der Waals surface area contributed by atoms with Gasteiger partial charge in [-0.2, -0.15) is 0 Å². The molecular weight excluding hydrogens is 431 g/mol. The van der Waals surface area contributed by atoms with Crippen molar-refractivity contribution in [3.05, 3.63) is 69.9 Å². The SMILES string of the molecule is Fc1ccccc1CN1CCN(Cc2ccc(Br)cc2)CC1.O=C(O)C(=O)O. The lowest BCUT2D eigenvalue weighted by atomic mass is 10.1.